The number of urea groups is 1. The van der Waals surface area contributed by atoms with Crippen LogP contribution in [0.2, 0.25) is 0 Å². The van der Waals surface area contributed by atoms with Gasteiger partial charge in [-0.3, -0.25) is 4.79 Å². The summed E-state index contributed by atoms with van der Waals surface area (Å²) in [7, 11) is 0. The molecule has 2 unspecified atom stereocenters. The molecule has 2 heterocycles. The fraction of sp³-hybridized carbons (Fsp3) is 0.615. The zero-order chi connectivity index (χ0) is 15.2. The van der Waals surface area contributed by atoms with Crippen LogP contribution < -0.4 is 5.32 Å². The second-order valence-electron chi connectivity index (χ2n) is 5.15. The van der Waals surface area contributed by atoms with E-state index in [1.165, 1.54) is 0 Å². The van der Waals surface area contributed by atoms with Crippen molar-refractivity contribution < 1.29 is 19.4 Å². The van der Waals surface area contributed by atoms with Gasteiger partial charge in [0.15, 0.2) is 0 Å². The predicted molar refractivity (Wildman–Crippen MR) is 73.8 cm³/mol. The number of nitrogens with one attached hydrogen (secondary N) is 1. The largest absolute Gasteiger partial charge is 0.481 e. The number of morpholine rings is 1. The Bertz CT molecular complexity index is 477. The van der Waals surface area contributed by atoms with Gasteiger partial charge in [0.2, 0.25) is 0 Å². The highest BCUT2D eigenvalue weighted by Gasteiger charge is 2.26. The lowest BCUT2D eigenvalue weighted by Crippen LogP contribution is -2.52. The van der Waals surface area contributed by atoms with Crippen molar-refractivity contribution in [3.63, 3.8) is 0 Å². The van der Waals surface area contributed by atoms with Crippen molar-refractivity contribution >= 4 is 12.0 Å². The molecule has 8 nitrogen and oxygen atoms in total. The molecule has 1 saturated heterocycles. The Morgan fingerprint density at radius 2 is 2.38 bits per heavy atom. The lowest BCUT2D eigenvalue weighted by atomic mass is 10.2. The Balaban J connectivity index is 1.80. The van der Waals surface area contributed by atoms with Crippen LogP contribution in [0, 0.1) is 0 Å². The van der Waals surface area contributed by atoms with Crippen molar-refractivity contribution in [3.8, 4) is 0 Å². The number of aliphatic carboxylic acids is 1. The molecule has 2 atom stereocenters. The molecule has 0 aromatic carbocycles. The van der Waals surface area contributed by atoms with Crippen molar-refractivity contribution in [2.75, 3.05) is 19.7 Å². The van der Waals surface area contributed by atoms with Gasteiger partial charge in [-0.2, -0.15) is 0 Å². The molecule has 2 N–H and O–H groups in total. The lowest BCUT2D eigenvalue weighted by Gasteiger charge is -2.33. The van der Waals surface area contributed by atoms with E-state index in [4.69, 9.17) is 9.84 Å². The molecule has 21 heavy (non-hydrogen) atoms. The third-order valence-electron chi connectivity index (χ3n) is 3.24. The average Bonchev–Trinajstić information content (AvgIpc) is 2.90. The van der Waals surface area contributed by atoms with Gasteiger partial charge < -0.3 is 24.6 Å². The molecular weight excluding hydrogens is 276 g/mol. The van der Waals surface area contributed by atoms with Gasteiger partial charge in [-0.1, -0.05) is 0 Å². The fourth-order valence-corrected chi connectivity index (χ4v) is 2.28. The van der Waals surface area contributed by atoms with Crippen LogP contribution in [-0.2, 0) is 16.1 Å². The average molecular weight is 296 g/mol. The minimum absolute atomic E-state index is 0.0486. The van der Waals surface area contributed by atoms with Gasteiger partial charge in [-0.05, 0) is 6.92 Å². The second kappa shape index (κ2) is 7.07. The van der Waals surface area contributed by atoms with Gasteiger partial charge >= 0.3 is 12.0 Å². The number of aromatic nitrogens is 2. The van der Waals surface area contributed by atoms with Crippen molar-refractivity contribution in [3.05, 3.63) is 18.7 Å². The SMILES string of the molecule is CC(Cn1ccnc1)NC(=O)N1CCOC(CC(=O)O)C1. The van der Waals surface area contributed by atoms with Crippen LogP contribution in [0.25, 0.3) is 0 Å². The number of carbonyl (C=O) groups excluding carboxylic acids is 1. The third kappa shape index (κ3) is 4.75. The summed E-state index contributed by atoms with van der Waals surface area (Å²) in [4.78, 5) is 28.4. The molecule has 0 bridgehead atoms. The Morgan fingerprint density at radius 3 is 3.05 bits per heavy atom. The van der Waals surface area contributed by atoms with E-state index in [1.54, 1.807) is 17.4 Å². The molecule has 1 aliphatic rings. The number of carboxylic acid groups (broad SMARTS) is 1. The maximum Gasteiger partial charge on any atom is 0.317 e. The highest BCUT2D eigenvalue weighted by atomic mass is 16.5. The van der Waals surface area contributed by atoms with Gasteiger partial charge in [0.05, 0.1) is 25.5 Å². The van der Waals surface area contributed by atoms with Crippen molar-refractivity contribution in [2.24, 2.45) is 0 Å². The number of ether oxygens (including phenoxy) is 1. The molecule has 0 aliphatic carbocycles. The third-order valence-corrected chi connectivity index (χ3v) is 3.24. The molecule has 1 aromatic rings. The molecule has 116 valence electrons. The zero-order valence-corrected chi connectivity index (χ0v) is 11.9. The van der Waals surface area contributed by atoms with Crippen LogP contribution in [0.3, 0.4) is 0 Å². The zero-order valence-electron chi connectivity index (χ0n) is 11.9. The Kier molecular flexibility index (Phi) is 5.15. The van der Waals surface area contributed by atoms with Crippen molar-refractivity contribution in [1.29, 1.82) is 0 Å². The number of nitrogens with zero attached hydrogens (tertiary/aromatic N) is 3. The van der Waals surface area contributed by atoms with Crippen LogP contribution in [0.4, 0.5) is 4.79 Å². The summed E-state index contributed by atoms with van der Waals surface area (Å²) in [5.74, 6) is -0.921. The molecule has 2 rings (SSSR count). The molecular formula is C13H20N4O4. The molecule has 2 amide bonds. The molecule has 1 aliphatic heterocycles. The topological polar surface area (TPSA) is 96.7 Å². The maximum atomic E-state index is 12.2. The Morgan fingerprint density at radius 1 is 1.57 bits per heavy atom. The van der Waals surface area contributed by atoms with E-state index >= 15 is 0 Å². The summed E-state index contributed by atoms with van der Waals surface area (Å²) in [5, 5.41) is 11.7. The maximum absolute atomic E-state index is 12.2. The van der Waals surface area contributed by atoms with Crippen molar-refractivity contribution in [2.45, 2.75) is 32.0 Å². The number of hydrogen-bond acceptors (Lipinski definition) is 4. The van der Waals surface area contributed by atoms with Gasteiger partial charge in [0, 0.05) is 38.1 Å². The highest BCUT2D eigenvalue weighted by molar-refractivity contribution is 5.75. The van der Waals surface area contributed by atoms with Crippen LogP contribution in [0.1, 0.15) is 13.3 Å². The van der Waals surface area contributed by atoms with Gasteiger partial charge in [-0.15, -0.1) is 0 Å². The van der Waals surface area contributed by atoms with Crippen LogP contribution >= 0.6 is 0 Å². The first kappa shape index (κ1) is 15.3. The van der Waals surface area contributed by atoms with Crippen LogP contribution in [0.15, 0.2) is 18.7 Å². The molecule has 0 saturated carbocycles. The van der Waals surface area contributed by atoms with E-state index in [0.717, 1.165) is 0 Å². The summed E-state index contributed by atoms with van der Waals surface area (Å²) in [6.45, 7) is 3.68. The minimum atomic E-state index is -0.921. The van der Waals surface area contributed by atoms with Gasteiger partial charge in [-0.25, -0.2) is 9.78 Å². The van der Waals surface area contributed by atoms with Crippen molar-refractivity contribution in [1.82, 2.24) is 19.8 Å². The number of carboxylic acids is 1. The van der Waals surface area contributed by atoms with Gasteiger partial charge in [0.25, 0.3) is 0 Å². The van der Waals surface area contributed by atoms with E-state index in [1.807, 2.05) is 17.7 Å². The molecule has 0 spiro atoms. The quantitative estimate of drug-likeness (QED) is 0.806. The number of imidazole rings is 1. The van der Waals surface area contributed by atoms with Gasteiger partial charge in [0.1, 0.15) is 0 Å². The summed E-state index contributed by atoms with van der Waals surface area (Å²) < 4.78 is 7.23. The van der Waals surface area contributed by atoms with E-state index in [9.17, 15) is 9.59 Å². The Hall–Kier alpha value is -2.09. The molecule has 1 aromatic heterocycles. The monoisotopic (exact) mass is 296 g/mol. The standard InChI is InChI=1S/C13H20N4O4/c1-10(7-16-3-2-14-9-16)15-13(20)17-4-5-21-11(8-17)6-12(18)19/h2-3,9-11H,4-8H2,1H3,(H,15,20)(H,18,19). The normalized spacial score (nSPS) is 20.0. The number of hydrogen-bond donors (Lipinski definition) is 2. The molecule has 1 fully saturated rings. The van der Waals surface area contributed by atoms with E-state index in [-0.39, 0.29) is 18.5 Å². The van der Waals surface area contributed by atoms with Crippen LogP contribution in [0.5, 0.6) is 0 Å². The summed E-state index contributed by atoms with van der Waals surface area (Å²) in [5.41, 5.74) is 0. The summed E-state index contributed by atoms with van der Waals surface area (Å²) >= 11 is 0. The fourth-order valence-electron chi connectivity index (χ4n) is 2.28. The summed E-state index contributed by atoms with van der Waals surface area (Å²) in [6, 6.07) is -0.242. The summed E-state index contributed by atoms with van der Waals surface area (Å²) in [6.07, 6.45) is 4.69. The van der Waals surface area contributed by atoms with Crippen LogP contribution in [-0.4, -0.2) is 63.4 Å². The molecule has 8 heteroatoms. The Labute approximate surface area is 122 Å². The number of amides is 2. The van der Waals surface area contributed by atoms with E-state index < -0.39 is 12.1 Å². The number of carbonyl (C=O) groups is 2. The minimum Gasteiger partial charge on any atom is -0.481 e. The first-order valence-corrected chi connectivity index (χ1v) is 6.89. The molecule has 0 radical (unpaired) electrons. The first-order valence-electron chi connectivity index (χ1n) is 6.89. The number of rotatable bonds is 5. The predicted octanol–water partition coefficient (Wildman–Crippen LogP) is 0.157. The van der Waals surface area contributed by atoms with E-state index in [2.05, 4.69) is 10.3 Å². The second-order valence-corrected chi connectivity index (χ2v) is 5.15. The first-order chi connectivity index (χ1) is 10.0. The highest BCUT2D eigenvalue weighted by Crippen LogP contribution is 2.09. The van der Waals surface area contributed by atoms with E-state index in [0.29, 0.717) is 26.2 Å². The lowest BCUT2D eigenvalue weighted by molar-refractivity contribution is -0.141. The smallest absolute Gasteiger partial charge is 0.317 e.